The van der Waals surface area contributed by atoms with E-state index in [1.54, 1.807) is 10.9 Å². The molecule has 0 radical (unpaired) electrons. The first-order valence-electron chi connectivity index (χ1n) is 5.90. The molecule has 0 aliphatic heterocycles. The molecular formula is C13H13BrF2N2S. The van der Waals surface area contributed by atoms with Crippen LogP contribution in [0.4, 0.5) is 8.78 Å². The molecule has 1 aromatic heterocycles. The summed E-state index contributed by atoms with van der Waals surface area (Å²) in [6.07, 6.45) is 0.873. The van der Waals surface area contributed by atoms with E-state index in [1.807, 2.05) is 6.92 Å². The fourth-order valence-corrected chi connectivity index (χ4v) is 2.74. The third-order valence-electron chi connectivity index (χ3n) is 2.71. The molecule has 6 heteroatoms. The summed E-state index contributed by atoms with van der Waals surface area (Å²) in [5.74, 6) is -1.15. The first-order valence-corrected chi connectivity index (χ1v) is 7.63. The predicted molar refractivity (Wildman–Crippen MR) is 76.3 cm³/mol. The molecule has 1 atom stereocenters. The monoisotopic (exact) mass is 346 g/mol. The van der Waals surface area contributed by atoms with Crippen LogP contribution in [0.2, 0.25) is 0 Å². The average Bonchev–Trinajstić information content (AvgIpc) is 2.92. The smallest absolute Gasteiger partial charge is 0.145 e. The van der Waals surface area contributed by atoms with Gasteiger partial charge in [0, 0.05) is 10.9 Å². The van der Waals surface area contributed by atoms with Gasteiger partial charge in [0.25, 0.3) is 0 Å². The van der Waals surface area contributed by atoms with Crippen LogP contribution in [0.3, 0.4) is 0 Å². The first-order chi connectivity index (χ1) is 9.15. The highest BCUT2D eigenvalue weighted by atomic mass is 79.9. The van der Waals surface area contributed by atoms with Crippen molar-refractivity contribution >= 4 is 27.3 Å². The number of hydrogen-bond acceptors (Lipinski definition) is 3. The van der Waals surface area contributed by atoms with Gasteiger partial charge < -0.3 is 5.32 Å². The minimum atomic E-state index is -0.582. The van der Waals surface area contributed by atoms with Gasteiger partial charge in [-0.05, 0) is 41.0 Å². The summed E-state index contributed by atoms with van der Waals surface area (Å²) >= 11 is 4.50. The third kappa shape index (κ3) is 3.19. The quantitative estimate of drug-likeness (QED) is 0.817. The van der Waals surface area contributed by atoms with Crippen LogP contribution in [-0.2, 0) is 0 Å². The lowest BCUT2D eigenvalue weighted by Crippen LogP contribution is -2.25. The van der Waals surface area contributed by atoms with Crippen molar-refractivity contribution in [1.29, 1.82) is 0 Å². The Bertz CT molecular complexity index is 546. The largest absolute Gasteiger partial charge is 0.305 e. The molecule has 19 heavy (non-hydrogen) atoms. The van der Waals surface area contributed by atoms with Crippen LogP contribution >= 0.6 is 27.3 Å². The van der Waals surface area contributed by atoms with E-state index in [4.69, 9.17) is 0 Å². The zero-order chi connectivity index (χ0) is 13.8. The van der Waals surface area contributed by atoms with Crippen LogP contribution in [0.25, 0.3) is 0 Å². The summed E-state index contributed by atoms with van der Waals surface area (Å²) < 4.78 is 28.4. The van der Waals surface area contributed by atoms with Crippen molar-refractivity contribution < 1.29 is 8.78 Å². The van der Waals surface area contributed by atoms with E-state index in [0.29, 0.717) is 12.2 Å². The van der Waals surface area contributed by atoms with Gasteiger partial charge in [0.1, 0.15) is 11.6 Å². The van der Waals surface area contributed by atoms with Crippen molar-refractivity contribution in [3.8, 4) is 0 Å². The Morgan fingerprint density at radius 2 is 2.21 bits per heavy atom. The van der Waals surface area contributed by atoms with Gasteiger partial charge >= 0.3 is 0 Å². The Labute approximate surface area is 123 Å². The number of thiazole rings is 1. The van der Waals surface area contributed by atoms with Crippen LogP contribution in [0.1, 0.15) is 30.6 Å². The third-order valence-corrected chi connectivity index (χ3v) is 3.93. The van der Waals surface area contributed by atoms with E-state index in [0.717, 1.165) is 6.42 Å². The molecule has 1 N–H and O–H groups in total. The minimum absolute atomic E-state index is 0.00808. The van der Waals surface area contributed by atoms with Gasteiger partial charge in [-0.25, -0.2) is 13.8 Å². The Morgan fingerprint density at radius 1 is 1.42 bits per heavy atom. The molecule has 2 nitrogen and oxygen atoms in total. The van der Waals surface area contributed by atoms with Crippen molar-refractivity contribution in [3.63, 3.8) is 0 Å². The SMILES string of the molecule is CCCNC(c1cscn1)c1c(F)ccc(Br)c1F. The molecule has 0 amide bonds. The zero-order valence-electron chi connectivity index (χ0n) is 10.3. The average molecular weight is 347 g/mol. The summed E-state index contributed by atoms with van der Waals surface area (Å²) in [5, 5.41) is 4.94. The van der Waals surface area contributed by atoms with Crippen molar-refractivity contribution in [1.82, 2.24) is 10.3 Å². The van der Waals surface area contributed by atoms with Crippen molar-refractivity contribution in [2.24, 2.45) is 0 Å². The van der Waals surface area contributed by atoms with Gasteiger partial charge in [-0.3, -0.25) is 0 Å². The lowest BCUT2D eigenvalue weighted by atomic mass is 10.0. The van der Waals surface area contributed by atoms with Crippen molar-refractivity contribution in [2.75, 3.05) is 6.54 Å². The zero-order valence-corrected chi connectivity index (χ0v) is 12.7. The molecule has 2 aromatic rings. The maximum atomic E-state index is 14.2. The number of hydrogen-bond donors (Lipinski definition) is 1. The first kappa shape index (κ1) is 14.6. The highest BCUT2D eigenvalue weighted by Crippen LogP contribution is 2.30. The molecule has 0 spiro atoms. The van der Waals surface area contributed by atoms with Crippen LogP contribution in [0.5, 0.6) is 0 Å². The second-order valence-electron chi connectivity index (χ2n) is 4.06. The van der Waals surface area contributed by atoms with E-state index in [9.17, 15) is 8.78 Å². The van der Waals surface area contributed by atoms with Gasteiger partial charge in [-0.15, -0.1) is 11.3 Å². The maximum Gasteiger partial charge on any atom is 0.145 e. The Balaban J connectivity index is 2.46. The molecule has 1 aromatic carbocycles. The molecule has 102 valence electrons. The second-order valence-corrected chi connectivity index (χ2v) is 5.63. The van der Waals surface area contributed by atoms with E-state index in [-0.39, 0.29) is 10.0 Å². The predicted octanol–water partition coefficient (Wildman–Crippen LogP) is 4.27. The summed E-state index contributed by atoms with van der Waals surface area (Å²) in [5.41, 5.74) is 2.30. The van der Waals surface area contributed by atoms with Gasteiger partial charge in [0.05, 0.1) is 21.7 Å². The molecule has 0 aliphatic carbocycles. The lowest BCUT2D eigenvalue weighted by molar-refractivity contribution is 0.496. The van der Waals surface area contributed by atoms with Gasteiger partial charge in [-0.2, -0.15) is 0 Å². The molecular weight excluding hydrogens is 334 g/mol. The molecule has 2 rings (SSSR count). The topological polar surface area (TPSA) is 24.9 Å². The fourth-order valence-electron chi connectivity index (χ4n) is 1.81. The minimum Gasteiger partial charge on any atom is -0.305 e. The highest BCUT2D eigenvalue weighted by molar-refractivity contribution is 9.10. The Morgan fingerprint density at radius 3 is 2.84 bits per heavy atom. The van der Waals surface area contributed by atoms with Crippen LogP contribution in [0, 0.1) is 11.6 Å². The number of nitrogens with zero attached hydrogens (tertiary/aromatic N) is 1. The van der Waals surface area contributed by atoms with Gasteiger partial charge in [0.15, 0.2) is 0 Å². The van der Waals surface area contributed by atoms with Gasteiger partial charge in [-0.1, -0.05) is 6.92 Å². The summed E-state index contributed by atoms with van der Waals surface area (Å²) in [7, 11) is 0. The van der Waals surface area contributed by atoms with Crippen LogP contribution in [0.15, 0.2) is 27.5 Å². The second kappa shape index (κ2) is 6.54. The number of nitrogens with one attached hydrogen (secondary N) is 1. The van der Waals surface area contributed by atoms with E-state index in [1.165, 1.54) is 23.5 Å². The summed E-state index contributed by atoms with van der Waals surface area (Å²) in [6, 6.07) is 2.06. The van der Waals surface area contributed by atoms with E-state index >= 15 is 0 Å². The van der Waals surface area contributed by atoms with E-state index < -0.39 is 17.7 Å². The molecule has 0 bridgehead atoms. The number of aromatic nitrogens is 1. The molecule has 0 saturated carbocycles. The molecule has 1 heterocycles. The normalized spacial score (nSPS) is 12.6. The summed E-state index contributed by atoms with van der Waals surface area (Å²) in [6.45, 7) is 2.66. The van der Waals surface area contributed by atoms with Crippen molar-refractivity contribution in [3.05, 3.63) is 50.4 Å². The number of halogens is 3. The molecule has 0 saturated heterocycles. The molecule has 0 fully saturated rings. The fraction of sp³-hybridized carbons (Fsp3) is 0.308. The number of rotatable bonds is 5. The Hall–Kier alpha value is -0.850. The maximum absolute atomic E-state index is 14.2. The highest BCUT2D eigenvalue weighted by Gasteiger charge is 2.24. The van der Waals surface area contributed by atoms with E-state index in [2.05, 4.69) is 26.2 Å². The van der Waals surface area contributed by atoms with Gasteiger partial charge in [0.2, 0.25) is 0 Å². The summed E-state index contributed by atoms with van der Waals surface area (Å²) in [4.78, 5) is 4.17. The molecule has 1 unspecified atom stereocenters. The van der Waals surface area contributed by atoms with Crippen LogP contribution in [-0.4, -0.2) is 11.5 Å². The standard InChI is InChI=1S/C13H13BrF2N2S/c1-2-5-17-13(10-6-19-7-18-10)11-9(15)4-3-8(14)12(11)16/h3-4,6-7,13,17H,2,5H2,1H3. The van der Waals surface area contributed by atoms with Crippen LogP contribution < -0.4 is 5.32 Å². The Kier molecular flexibility index (Phi) is 5.01. The molecule has 0 aliphatic rings. The number of benzene rings is 1. The lowest BCUT2D eigenvalue weighted by Gasteiger charge is -2.19. The van der Waals surface area contributed by atoms with Crippen molar-refractivity contribution in [2.45, 2.75) is 19.4 Å².